The van der Waals surface area contributed by atoms with E-state index in [0.717, 1.165) is 32.4 Å². The molecule has 1 aliphatic carbocycles. The Hall–Kier alpha value is -0.770. The van der Waals surface area contributed by atoms with Gasteiger partial charge in [0.05, 0.1) is 0 Å². The number of nitrogens with zero attached hydrogens (tertiary/aromatic N) is 1. The second-order valence-corrected chi connectivity index (χ2v) is 6.16. The number of nitrogens with two attached hydrogens (primary N) is 1. The van der Waals surface area contributed by atoms with Crippen LogP contribution in [-0.4, -0.2) is 35.7 Å². The van der Waals surface area contributed by atoms with Gasteiger partial charge in [-0.2, -0.15) is 0 Å². The Bertz CT molecular complexity index is 298. The molecule has 2 atom stereocenters. The van der Waals surface area contributed by atoms with Gasteiger partial charge in [0, 0.05) is 24.5 Å². The second kappa shape index (κ2) is 3.62. The van der Waals surface area contributed by atoms with Gasteiger partial charge in [0.1, 0.15) is 5.60 Å². The molecule has 0 radical (unpaired) electrons. The van der Waals surface area contributed by atoms with Crippen LogP contribution < -0.4 is 5.73 Å². The smallest absolute Gasteiger partial charge is 0.410 e. The van der Waals surface area contributed by atoms with Gasteiger partial charge in [0.15, 0.2) is 0 Å². The fourth-order valence-corrected chi connectivity index (χ4v) is 2.60. The summed E-state index contributed by atoms with van der Waals surface area (Å²) < 4.78 is 5.36. The molecule has 1 amide bonds. The van der Waals surface area contributed by atoms with E-state index in [1.54, 1.807) is 0 Å². The van der Waals surface area contributed by atoms with E-state index < -0.39 is 5.60 Å². The predicted molar refractivity (Wildman–Crippen MR) is 62.1 cm³/mol. The molecule has 2 aliphatic rings. The van der Waals surface area contributed by atoms with Crippen LogP contribution in [0.4, 0.5) is 4.79 Å². The average molecular weight is 226 g/mol. The zero-order chi connectivity index (χ0) is 12.0. The molecule has 1 spiro atoms. The molecule has 0 aromatic carbocycles. The molecule has 0 aromatic heterocycles. The van der Waals surface area contributed by atoms with E-state index >= 15 is 0 Å². The van der Waals surface area contributed by atoms with Crippen molar-refractivity contribution in [2.75, 3.05) is 13.1 Å². The summed E-state index contributed by atoms with van der Waals surface area (Å²) in [5, 5.41) is 0. The van der Waals surface area contributed by atoms with Crippen molar-refractivity contribution >= 4 is 6.09 Å². The van der Waals surface area contributed by atoms with Crippen molar-refractivity contribution in [3.63, 3.8) is 0 Å². The highest BCUT2D eigenvalue weighted by Gasteiger charge is 2.50. The minimum atomic E-state index is -0.408. The molecule has 2 fully saturated rings. The molecule has 16 heavy (non-hydrogen) atoms. The number of carbonyl (C=O) groups is 1. The molecule has 1 aliphatic heterocycles. The zero-order valence-corrected chi connectivity index (χ0v) is 10.5. The van der Waals surface area contributed by atoms with Crippen molar-refractivity contribution in [3.8, 4) is 0 Å². The topological polar surface area (TPSA) is 55.6 Å². The maximum Gasteiger partial charge on any atom is 0.410 e. The molecule has 0 unspecified atom stereocenters. The molecule has 2 N–H and O–H groups in total. The van der Waals surface area contributed by atoms with Crippen LogP contribution in [0.5, 0.6) is 0 Å². The van der Waals surface area contributed by atoms with Crippen LogP contribution in [0, 0.1) is 5.41 Å². The summed E-state index contributed by atoms with van der Waals surface area (Å²) >= 11 is 0. The molecule has 1 heterocycles. The van der Waals surface area contributed by atoms with Crippen LogP contribution in [0.3, 0.4) is 0 Å². The fraction of sp³-hybridized carbons (Fsp3) is 0.917. The average Bonchev–Trinajstić information content (AvgIpc) is 2.59. The molecule has 92 valence electrons. The molecule has 4 nitrogen and oxygen atoms in total. The summed E-state index contributed by atoms with van der Waals surface area (Å²) in [6.45, 7) is 7.26. The summed E-state index contributed by atoms with van der Waals surface area (Å²) in [5.74, 6) is 0. The van der Waals surface area contributed by atoms with E-state index in [4.69, 9.17) is 10.5 Å². The standard InChI is InChI=1S/C12H22N2O2/c1-11(2,3)16-10(15)14-7-6-12(8-14)5-4-9(12)13/h9H,4-8,13H2,1-3H3/t9-,12-/m0/s1. The van der Waals surface area contributed by atoms with Gasteiger partial charge in [-0.15, -0.1) is 0 Å². The molecule has 0 aromatic rings. The normalized spacial score (nSPS) is 34.0. The third-order valence-electron chi connectivity index (χ3n) is 3.78. The Morgan fingerprint density at radius 3 is 2.50 bits per heavy atom. The van der Waals surface area contributed by atoms with Crippen LogP contribution in [0.2, 0.25) is 0 Å². The lowest BCUT2D eigenvalue weighted by Gasteiger charge is -2.44. The van der Waals surface area contributed by atoms with Crippen LogP contribution in [0.1, 0.15) is 40.0 Å². The summed E-state index contributed by atoms with van der Waals surface area (Å²) in [6, 6.07) is 0.278. The lowest BCUT2D eigenvalue weighted by atomic mass is 9.64. The summed E-state index contributed by atoms with van der Waals surface area (Å²) in [6.07, 6.45) is 3.10. The minimum Gasteiger partial charge on any atom is -0.444 e. The van der Waals surface area contributed by atoms with Gasteiger partial charge in [-0.1, -0.05) is 0 Å². The van der Waals surface area contributed by atoms with E-state index in [2.05, 4.69) is 0 Å². The quantitative estimate of drug-likeness (QED) is 0.684. The first-order chi connectivity index (χ1) is 7.32. The van der Waals surface area contributed by atoms with Crippen molar-refractivity contribution in [1.82, 2.24) is 4.90 Å². The van der Waals surface area contributed by atoms with Gasteiger partial charge >= 0.3 is 6.09 Å². The van der Waals surface area contributed by atoms with Crippen LogP contribution in [-0.2, 0) is 4.74 Å². The van der Waals surface area contributed by atoms with E-state index in [1.165, 1.54) is 0 Å². The van der Waals surface area contributed by atoms with Gasteiger partial charge in [0.25, 0.3) is 0 Å². The number of amides is 1. The van der Waals surface area contributed by atoms with Crippen LogP contribution >= 0.6 is 0 Å². The Labute approximate surface area is 97.1 Å². The summed E-state index contributed by atoms with van der Waals surface area (Å²) in [5.41, 5.74) is 5.83. The van der Waals surface area contributed by atoms with E-state index in [0.29, 0.717) is 0 Å². The summed E-state index contributed by atoms with van der Waals surface area (Å²) in [4.78, 5) is 13.7. The fourth-order valence-electron chi connectivity index (χ4n) is 2.60. The predicted octanol–water partition coefficient (Wildman–Crippen LogP) is 1.73. The van der Waals surface area contributed by atoms with Gasteiger partial charge in [0.2, 0.25) is 0 Å². The SMILES string of the molecule is CC(C)(C)OC(=O)N1CC[C@@]2(CC[C@@H]2N)C1. The molecule has 0 bridgehead atoms. The number of hydrogen-bond donors (Lipinski definition) is 1. The zero-order valence-electron chi connectivity index (χ0n) is 10.5. The number of ether oxygens (including phenoxy) is 1. The molecule has 2 rings (SSSR count). The van der Waals surface area contributed by atoms with Crippen molar-refractivity contribution in [2.45, 2.75) is 51.7 Å². The van der Waals surface area contributed by atoms with Crippen LogP contribution in [0.25, 0.3) is 0 Å². The Balaban J connectivity index is 1.91. The first-order valence-corrected chi connectivity index (χ1v) is 6.06. The highest BCUT2D eigenvalue weighted by molar-refractivity contribution is 5.68. The minimum absolute atomic E-state index is 0.191. The van der Waals surface area contributed by atoms with Crippen LogP contribution in [0.15, 0.2) is 0 Å². The lowest BCUT2D eigenvalue weighted by molar-refractivity contribution is 0.0225. The Morgan fingerprint density at radius 1 is 1.44 bits per heavy atom. The third-order valence-corrected chi connectivity index (χ3v) is 3.78. The maximum atomic E-state index is 11.9. The highest BCUT2D eigenvalue weighted by Crippen LogP contribution is 2.47. The van der Waals surface area contributed by atoms with Crippen molar-refractivity contribution in [1.29, 1.82) is 0 Å². The highest BCUT2D eigenvalue weighted by atomic mass is 16.6. The molecule has 1 saturated carbocycles. The molecular formula is C12H22N2O2. The molecule has 1 saturated heterocycles. The number of carbonyl (C=O) groups excluding carboxylic acids is 1. The third kappa shape index (κ3) is 2.03. The van der Waals surface area contributed by atoms with E-state index in [1.807, 2.05) is 25.7 Å². The first-order valence-electron chi connectivity index (χ1n) is 6.06. The summed E-state index contributed by atoms with van der Waals surface area (Å²) in [7, 11) is 0. The van der Waals surface area contributed by atoms with Gasteiger partial charge < -0.3 is 15.4 Å². The molecular weight excluding hydrogens is 204 g/mol. The Kier molecular flexibility index (Phi) is 2.65. The second-order valence-electron chi connectivity index (χ2n) is 6.16. The van der Waals surface area contributed by atoms with Crippen molar-refractivity contribution in [2.24, 2.45) is 11.1 Å². The van der Waals surface area contributed by atoms with Gasteiger partial charge in [-0.05, 0) is 40.0 Å². The number of rotatable bonds is 0. The van der Waals surface area contributed by atoms with Gasteiger partial charge in [-0.3, -0.25) is 0 Å². The largest absolute Gasteiger partial charge is 0.444 e. The van der Waals surface area contributed by atoms with E-state index in [9.17, 15) is 4.79 Å². The molecule has 4 heteroatoms. The number of hydrogen-bond acceptors (Lipinski definition) is 3. The van der Waals surface area contributed by atoms with E-state index in [-0.39, 0.29) is 17.6 Å². The lowest BCUT2D eigenvalue weighted by Crippen LogP contribution is -2.52. The van der Waals surface area contributed by atoms with Crippen molar-refractivity contribution < 1.29 is 9.53 Å². The van der Waals surface area contributed by atoms with Crippen molar-refractivity contribution in [3.05, 3.63) is 0 Å². The van der Waals surface area contributed by atoms with Gasteiger partial charge in [-0.25, -0.2) is 4.79 Å². The maximum absolute atomic E-state index is 11.9. The monoisotopic (exact) mass is 226 g/mol. The Morgan fingerprint density at radius 2 is 2.12 bits per heavy atom. The number of likely N-dealkylation sites (tertiary alicyclic amines) is 1. The first kappa shape index (κ1) is 11.7.